The van der Waals surface area contributed by atoms with Gasteiger partial charge in [-0.1, -0.05) is 44.2 Å². The Morgan fingerprint density at radius 2 is 1.77 bits per heavy atom. The van der Waals surface area contributed by atoms with Gasteiger partial charge in [-0.2, -0.15) is 0 Å². The first-order valence-electron chi connectivity index (χ1n) is 10.6. The number of hydroxylamine groups is 2. The molecule has 1 saturated carbocycles. The number of hydrogen-bond acceptors (Lipinski definition) is 5. The number of pyridine rings is 1. The maximum atomic E-state index is 13.0. The molecule has 6 nitrogen and oxygen atoms in total. The molecular weight excluding hydrogens is 412 g/mol. The van der Waals surface area contributed by atoms with Gasteiger partial charge < -0.3 is 0 Å². The zero-order valence-corrected chi connectivity index (χ0v) is 18.6. The number of para-hydroxylation sites is 1. The molecule has 0 aliphatic heterocycles. The van der Waals surface area contributed by atoms with Crippen LogP contribution in [0.25, 0.3) is 10.9 Å². The maximum Gasteiger partial charge on any atom is 0.233 e. The number of nitrogens with zero attached hydrogens (tertiary/aromatic N) is 2. The molecule has 0 bridgehead atoms. The minimum absolute atomic E-state index is 0.219. The molecular formula is C24H28N2O4S. The summed E-state index contributed by atoms with van der Waals surface area (Å²) in [7, 11) is -3.64. The second-order valence-corrected chi connectivity index (χ2v) is 9.54. The van der Waals surface area contributed by atoms with E-state index in [1.807, 2.05) is 56.3 Å². The van der Waals surface area contributed by atoms with Crippen LogP contribution in [0.2, 0.25) is 0 Å². The third-order valence-corrected chi connectivity index (χ3v) is 7.93. The van der Waals surface area contributed by atoms with Crippen molar-refractivity contribution < 1.29 is 18.4 Å². The smallest absolute Gasteiger partial charge is 0.233 e. The summed E-state index contributed by atoms with van der Waals surface area (Å²) in [6.07, 6.45) is 4.30. The fourth-order valence-electron chi connectivity index (χ4n) is 4.15. The lowest BCUT2D eigenvalue weighted by Crippen LogP contribution is -2.41. The van der Waals surface area contributed by atoms with Crippen LogP contribution in [0.15, 0.2) is 65.7 Å². The number of benzene rings is 2. The molecule has 7 heteroatoms. The molecule has 164 valence electrons. The summed E-state index contributed by atoms with van der Waals surface area (Å²) in [4.78, 5) is 15.5. The monoisotopic (exact) mass is 440 g/mol. The van der Waals surface area contributed by atoms with E-state index in [1.54, 1.807) is 18.3 Å². The Labute approximate surface area is 183 Å². The van der Waals surface area contributed by atoms with E-state index < -0.39 is 21.1 Å². The van der Waals surface area contributed by atoms with Gasteiger partial charge in [0.1, 0.15) is 0 Å². The molecule has 2 unspecified atom stereocenters. The summed E-state index contributed by atoms with van der Waals surface area (Å²) in [5.74, 6) is 0. The number of carbonyl (C=O) groups excluding carboxylic acids is 1. The maximum absolute atomic E-state index is 13.0. The minimum atomic E-state index is -3.64. The lowest BCUT2D eigenvalue weighted by molar-refractivity contribution is -0.159. The van der Waals surface area contributed by atoms with Crippen molar-refractivity contribution in [2.75, 3.05) is 0 Å². The highest BCUT2D eigenvalue weighted by Gasteiger charge is 2.41. The second kappa shape index (κ2) is 10.0. The van der Waals surface area contributed by atoms with Gasteiger partial charge in [0.25, 0.3) is 0 Å². The van der Waals surface area contributed by atoms with Crippen molar-refractivity contribution in [3.8, 4) is 0 Å². The number of rotatable bonds is 6. The third-order valence-electron chi connectivity index (χ3n) is 5.65. The topological polar surface area (TPSA) is 87.6 Å². The fourth-order valence-corrected chi connectivity index (χ4v) is 6.17. The van der Waals surface area contributed by atoms with Crippen LogP contribution < -0.4 is 0 Å². The number of amides is 1. The van der Waals surface area contributed by atoms with Crippen molar-refractivity contribution in [3.63, 3.8) is 0 Å². The summed E-state index contributed by atoms with van der Waals surface area (Å²) in [6, 6.07) is 16.1. The lowest BCUT2D eigenvalue weighted by Gasteiger charge is -2.24. The van der Waals surface area contributed by atoms with E-state index in [1.165, 1.54) is 0 Å². The molecule has 31 heavy (non-hydrogen) atoms. The predicted octanol–water partition coefficient (Wildman–Crippen LogP) is 4.39. The molecule has 2 aromatic carbocycles. The highest BCUT2D eigenvalue weighted by Crippen LogP contribution is 2.32. The molecule has 2 atom stereocenters. The SMILES string of the molecule is CC.O=CN(O)C1CCCC1S(=O)(=O)c1ccc(Cc2ccnc3ccccc23)cc1. The molecule has 1 N–H and O–H groups in total. The van der Waals surface area contributed by atoms with Crippen molar-refractivity contribution >= 4 is 27.2 Å². The summed E-state index contributed by atoms with van der Waals surface area (Å²) in [5.41, 5.74) is 3.06. The molecule has 0 radical (unpaired) electrons. The number of fused-ring (bicyclic) bond motifs is 1. The lowest BCUT2D eigenvalue weighted by atomic mass is 10.0. The number of carbonyl (C=O) groups is 1. The number of sulfone groups is 1. The zero-order valence-electron chi connectivity index (χ0n) is 17.8. The summed E-state index contributed by atoms with van der Waals surface area (Å²) in [5, 5.41) is 10.5. The van der Waals surface area contributed by atoms with E-state index in [0.29, 0.717) is 30.7 Å². The van der Waals surface area contributed by atoms with Gasteiger partial charge in [-0.15, -0.1) is 0 Å². The van der Waals surface area contributed by atoms with Crippen LogP contribution in [0.1, 0.15) is 44.2 Å². The molecule has 1 aliphatic rings. The first-order valence-corrected chi connectivity index (χ1v) is 12.1. The molecule has 0 spiro atoms. The Kier molecular flexibility index (Phi) is 7.41. The van der Waals surface area contributed by atoms with Gasteiger partial charge in [0.2, 0.25) is 6.41 Å². The van der Waals surface area contributed by atoms with Gasteiger partial charge in [-0.05, 0) is 61.1 Å². The van der Waals surface area contributed by atoms with E-state index in [-0.39, 0.29) is 11.3 Å². The average molecular weight is 441 g/mol. The van der Waals surface area contributed by atoms with Crippen LogP contribution in [-0.4, -0.2) is 41.4 Å². The quantitative estimate of drug-likeness (QED) is 0.349. The Morgan fingerprint density at radius 3 is 2.48 bits per heavy atom. The minimum Gasteiger partial charge on any atom is -0.286 e. The molecule has 3 aromatic rings. The Hall–Kier alpha value is -2.77. The van der Waals surface area contributed by atoms with Gasteiger partial charge in [-0.3, -0.25) is 15.0 Å². The van der Waals surface area contributed by atoms with E-state index >= 15 is 0 Å². The molecule has 1 aliphatic carbocycles. The van der Waals surface area contributed by atoms with E-state index in [9.17, 15) is 18.4 Å². The molecule has 1 aromatic heterocycles. The Morgan fingerprint density at radius 1 is 1.06 bits per heavy atom. The van der Waals surface area contributed by atoms with Gasteiger partial charge in [-0.25, -0.2) is 13.5 Å². The van der Waals surface area contributed by atoms with Crippen LogP contribution in [0.3, 0.4) is 0 Å². The molecule has 1 fully saturated rings. The number of hydrogen-bond donors (Lipinski definition) is 1. The molecule has 4 rings (SSSR count). The summed E-state index contributed by atoms with van der Waals surface area (Å²) < 4.78 is 26.1. The second-order valence-electron chi connectivity index (χ2n) is 7.38. The zero-order chi connectivity index (χ0) is 22.4. The van der Waals surface area contributed by atoms with Crippen LogP contribution in [0, 0.1) is 0 Å². The largest absolute Gasteiger partial charge is 0.286 e. The van der Waals surface area contributed by atoms with Crippen LogP contribution in [-0.2, 0) is 21.1 Å². The van der Waals surface area contributed by atoms with Crippen molar-refractivity contribution in [2.24, 2.45) is 0 Å². The molecule has 1 amide bonds. The van der Waals surface area contributed by atoms with Crippen LogP contribution in [0.4, 0.5) is 0 Å². The van der Waals surface area contributed by atoms with Gasteiger partial charge in [0.15, 0.2) is 9.84 Å². The Balaban J connectivity index is 0.00000132. The van der Waals surface area contributed by atoms with E-state index in [4.69, 9.17) is 0 Å². The normalized spacial score (nSPS) is 18.3. The predicted molar refractivity (Wildman–Crippen MR) is 121 cm³/mol. The van der Waals surface area contributed by atoms with Crippen LogP contribution in [0.5, 0.6) is 0 Å². The van der Waals surface area contributed by atoms with Gasteiger partial charge in [0.05, 0.1) is 21.7 Å². The highest BCUT2D eigenvalue weighted by molar-refractivity contribution is 7.92. The van der Waals surface area contributed by atoms with E-state index in [2.05, 4.69) is 4.98 Å². The first-order chi connectivity index (χ1) is 15.0. The molecule has 0 saturated heterocycles. The highest BCUT2D eigenvalue weighted by atomic mass is 32.2. The van der Waals surface area contributed by atoms with Gasteiger partial charge >= 0.3 is 0 Å². The third kappa shape index (κ3) is 4.78. The van der Waals surface area contributed by atoms with Crippen molar-refractivity contribution in [2.45, 2.75) is 55.7 Å². The number of aromatic nitrogens is 1. The van der Waals surface area contributed by atoms with Crippen molar-refractivity contribution in [1.29, 1.82) is 0 Å². The Bertz CT molecular complexity index is 1120. The van der Waals surface area contributed by atoms with Crippen molar-refractivity contribution in [1.82, 2.24) is 10.0 Å². The first kappa shape index (κ1) is 22.9. The fraction of sp³-hybridized carbons (Fsp3) is 0.333. The van der Waals surface area contributed by atoms with Crippen molar-refractivity contribution in [3.05, 3.63) is 71.9 Å². The summed E-state index contributed by atoms with van der Waals surface area (Å²) in [6.45, 7) is 4.00. The standard InChI is InChI=1S/C22H22N2O4S.C2H6/c25-15-24(26)21-6-3-7-22(21)29(27,28)18-10-8-16(9-11-18)14-17-12-13-23-20-5-2-1-4-19(17)20;1-2/h1-2,4-5,8-13,15,21-22,26H,3,6-7,14H2;1-2H3. The van der Waals surface area contributed by atoms with Crippen LogP contribution >= 0.6 is 0 Å². The molecule has 1 heterocycles. The summed E-state index contributed by atoms with van der Waals surface area (Å²) >= 11 is 0. The van der Waals surface area contributed by atoms with Gasteiger partial charge in [0, 0.05) is 11.6 Å². The van der Waals surface area contributed by atoms with E-state index in [0.717, 1.165) is 22.0 Å². The average Bonchev–Trinajstić information content (AvgIpc) is 3.32.